The van der Waals surface area contributed by atoms with E-state index in [1.807, 2.05) is 65.8 Å². The summed E-state index contributed by atoms with van der Waals surface area (Å²) in [5.41, 5.74) is 5.17. The van der Waals surface area contributed by atoms with Crippen molar-refractivity contribution in [2.24, 2.45) is 0 Å². The van der Waals surface area contributed by atoms with Crippen molar-refractivity contribution in [3.63, 3.8) is 0 Å². The van der Waals surface area contributed by atoms with Crippen molar-refractivity contribution in [3.8, 4) is 0 Å². The lowest BCUT2D eigenvalue weighted by Crippen LogP contribution is -2.19. The lowest BCUT2D eigenvalue weighted by atomic mass is 9.84. The molecule has 2 rings (SSSR count). The minimum Gasteiger partial charge on any atom is -0.307 e. The van der Waals surface area contributed by atoms with Gasteiger partial charge in [-0.05, 0) is 74.3 Å². The molecule has 4 heteroatoms. The summed E-state index contributed by atoms with van der Waals surface area (Å²) in [5, 5.41) is 0. The number of hydrogen-bond acceptors (Lipinski definition) is 3. The van der Waals surface area contributed by atoms with E-state index >= 15 is 0 Å². The molecule has 2 aromatic rings. The Balaban J connectivity index is 2.68. The molecule has 0 amide bonds. The van der Waals surface area contributed by atoms with Gasteiger partial charge in [0.25, 0.3) is 0 Å². The third-order valence-electron chi connectivity index (χ3n) is 5.99. The van der Waals surface area contributed by atoms with E-state index in [1.54, 1.807) is 0 Å². The van der Waals surface area contributed by atoms with Crippen LogP contribution in [0.4, 0.5) is 0 Å². The lowest BCUT2D eigenvalue weighted by molar-refractivity contribution is 0.103. The van der Waals surface area contributed by atoms with Crippen molar-refractivity contribution < 1.29 is 14.2 Å². The van der Waals surface area contributed by atoms with Crippen molar-refractivity contribution in [1.82, 2.24) is 0 Å². The van der Waals surface area contributed by atoms with E-state index in [-0.39, 0.29) is 11.6 Å². The summed E-state index contributed by atoms with van der Waals surface area (Å²) < 4.78 is 14.2. The molecule has 0 saturated carbocycles. The number of rotatable bonds is 7. The van der Waals surface area contributed by atoms with Gasteiger partial charge in [-0.3, -0.25) is 9.59 Å². The first-order chi connectivity index (χ1) is 14.2. The summed E-state index contributed by atoms with van der Waals surface area (Å²) in [7, 11) is -3.82. The van der Waals surface area contributed by atoms with E-state index in [9.17, 15) is 14.2 Å². The fraction of sp³-hybridized carbons (Fsp3) is 0.481. The Morgan fingerprint density at radius 3 is 1.52 bits per heavy atom. The Labute approximate surface area is 188 Å². The van der Waals surface area contributed by atoms with Crippen LogP contribution >= 0.6 is 7.14 Å². The molecule has 0 bridgehead atoms. The number of unbranched alkanes of at least 4 members (excludes halogenated alkanes) is 1. The molecule has 0 aromatic heterocycles. The SMILES string of the molecule is CCCCP(=O)(C(=O)c1c(C)cc(C)cc1C)C(=O)c1c(C)cc(C(C)(C)C)cc1C. The van der Waals surface area contributed by atoms with Gasteiger partial charge in [0.2, 0.25) is 18.2 Å². The first kappa shape index (κ1) is 25.3. The largest absolute Gasteiger partial charge is 0.307 e. The van der Waals surface area contributed by atoms with Crippen molar-refractivity contribution in [2.45, 2.75) is 80.6 Å². The number of carbonyl (C=O) groups is 2. The van der Waals surface area contributed by atoms with Crippen LogP contribution in [0.5, 0.6) is 0 Å². The summed E-state index contributed by atoms with van der Waals surface area (Å²) >= 11 is 0. The summed E-state index contributed by atoms with van der Waals surface area (Å²) in [5.74, 6) is 0. The summed E-state index contributed by atoms with van der Waals surface area (Å²) in [4.78, 5) is 27.5. The van der Waals surface area contributed by atoms with E-state index in [0.29, 0.717) is 17.5 Å². The van der Waals surface area contributed by atoms with E-state index < -0.39 is 18.2 Å². The average Bonchev–Trinajstić information content (AvgIpc) is 2.63. The molecular weight excluding hydrogens is 403 g/mol. The highest BCUT2D eigenvalue weighted by Gasteiger charge is 2.42. The second-order valence-electron chi connectivity index (χ2n) is 9.94. The molecule has 31 heavy (non-hydrogen) atoms. The predicted octanol–water partition coefficient (Wildman–Crippen LogP) is 7.67. The molecule has 0 heterocycles. The van der Waals surface area contributed by atoms with Crippen LogP contribution in [0.25, 0.3) is 0 Å². The maximum Gasteiger partial charge on any atom is 0.229 e. The molecule has 1 atom stereocenters. The summed E-state index contributed by atoms with van der Waals surface area (Å²) in [6.45, 7) is 17.8. The second kappa shape index (κ2) is 9.25. The molecule has 0 aliphatic carbocycles. The molecule has 2 aromatic carbocycles. The second-order valence-corrected chi connectivity index (χ2v) is 12.7. The van der Waals surface area contributed by atoms with Gasteiger partial charge in [-0.2, -0.15) is 0 Å². The molecule has 0 radical (unpaired) electrons. The third kappa shape index (κ3) is 5.09. The summed E-state index contributed by atoms with van der Waals surface area (Å²) in [6, 6.07) is 7.83. The van der Waals surface area contributed by atoms with Gasteiger partial charge < -0.3 is 4.57 Å². The normalized spacial score (nSPS) is 13.7. The fourth-order valence-corrected chi connectivity index (χ4v) is 7.07. The fourth-order valence-electron chi connectivity index (χ4n) is 4.29. The van der Waals surface area contributed by atoms with Crippen LogP contribution in [0.1, 0.15) is 94.6 Å². The molecule has 3 nitrogen and oxygen atoms in total. The predicted molar refractivity (Wildman–Crippen MR) is 131 cm³/mol. The van der Waals surface area contributed by atoms with Gasteiger partial charge in [-0.1, -0.05) is 63.9 Å². The lowest BCUT2D eigenvalue weighted by Gasteiger charge is -2.24. The monoisotopic (exact) mass is 440 g/mol. The first-order valence-corrected chi connectivity index (χ1v) is 13.0. The van der Waals surface area contributed by atoms with Gasteiger partial charge in [-0.25, -0.2) is 0 Å². The molecule has 0 N–H and O–H groups in total. The van der Waals surface area contributed by atoms with Crippen LogP contribution in [-0.2, 0) is 9.98 Å². The van der Waals surface area contributed by atoms with Crippen LogP contribution in [0.2, 0.25) is 0 Å². The minimum absolute atomic E-state index is 0.0606. The van der Waals surface area contributed by atoms with Gasteiger partial charge in [0, 0.05) is 17.3 Å². The Morgan fingerprint density at radius 2 is 1.16 bits per heavy atom. The van der Waals surface area contributed by atoms with E-state index in [2.05, 4.69) is 20.8 Å². The zero-order valence-electron chi connectivity index (χ0n) is 20.6. The summed E-state index contributed by atoms with van der Waals surface area (Å²) in [6.07, 6.45) is 1.47. The van der Waals surface area contributed by atoms with E-state index in [0.717, 1.165) is 39.8 Å². The van der Waals surface area contributed by atoms with Gasteiger partial charge >= 0.3 is 0 Å². The van der Waals surface area contributed by atoms with Crippen molar-refractivity contribution >= 4 is 18.2 Å². The smallest absolute Gasteiger partial charge is 0.229 e. The number of carbonyl (C=O) groups excluding carboxylic acids is 2. The zero-order valence-corrected chi connectivity index (χ0v) is 21.5. The van der Waals surface area contributed by atoms with Crippen molar-refractivity contribution in [3.05, 3.63) is 68.8 Å². The highest BCUT2D eigenvalue weighted by molar-refractivity contribution is 7.95. The van der Waals surface area contributed by atoms with E-state index in [1.165, 1.54) is 0 Å². The van der Waals surface area contributed by atoms with E-state index in [4.69, 9.17) is 0 Å². The van der Waals surface area contributed by atoms with Crippen LogP contribution in [0, 0.1) is 34.6 Å². The van der Waals surface area contributed by atoms with Crippen LogP contribution in [0.15, 0.2) is 24.3 Å². The van der Waals surface area contributed by atoms with Gasteiger partial charge in [0.15, 0.2) is 0 Å². The Bertz CT molecular complexity index is 1020. The number of aryl methyl sites for hydroxylation is 5. The molecule has 0 fully saturated rings. The van der Waals surface area contributed by atoms with Gasteiger partial charge in [0.1, 0.15) is 0 Å². The minimum atomic E-state index is -3.82. The zero-order chi connectivity index (χ0) is 23.7. The Hall–Kier alpha value is -1.99. The van der Waals surface area contributed by atoms with Crippen LogP contribution in [0.3, 0.4) is 0 Å². The highest BCUT2D eigenvalue weighted by Crippen LogP contribution is 2.54. The van der Waals surface area contributed by atoms with Crippen LogP contribution in [-0.4, -0.2) is 17.2 Å². The van der Waals surface area contributed by atoms with Crippen molar-refractivity contribution in [1.29, 1.82) is 0 Å². The maximum atomic E-state index is 14.2. The first-order valence-electron chi connectivity index (χ1n) is 11.1. The Morgan fingerprint density at radius 1 is 0.774 bits per heavy atom. The molecule has 168 valence electrons. The van der Waals surface area contributed by atoms with Crippen LogP contribution < -0.4 is 0 Å². The quantitative estimate of drug-likeness (QED) is 0.415. The molecule has 0 aliphatic rings. The maximum absolute atomic E-state index is 14.2. The van der Waals surface area contributed by atoms with Gasteiger partial charge in [0.05, 0.1) is 0 Å². The van der Waals surface area contributed by atoms with Crippen molar-refractivity contribution in [2.75, 3.05) is 6.16 Å². The number of hydrogen-bond donors (Lipinski definition) is 0. The van der Waals surface area contributed by atoms with Gasteiger partial charge in [-0.15, -0.1) is 0 Å². The highest BCUT2D eigenvalue weighted by atomic mass is 31.2. The average molecular weight is 441 g/mol. The molecule has 0 spiro atoms. The molecule has 1 unspecified atom stereocenters. The number of benzene rings is 2. The molecular formula is C27H37O3P. The topological polar surface area (TPSA) is 51.2 Å². The standard InChI is InChI=1S/C27H37O3P/c1-10-11-12-31(30,25(28)23-18(3)13-17(2)14-19(23)4)26(29)24-20(5)15-22(16-21(24)6)27(7,8)9/h13-16H,10-12H2,1-9H3. The molecule has 0 saturated heterocycles. The molecule has 0 aliphatic heterocycles. The third-order valence-corrected chi connectivity index (χ3v) is 8.69. The Kier molecular flexibility index (Phi) is 7.54.